The van der Waals surface area contributed by atoms with Crippen molar-refractivity contribution in [1.29, 1.82) is 5.26 Å². The second kappa shape index (κ2) is 3.59. The van der Waals surface area contributed by atoms with Gasteiger partial charge >= 0.3 is 0 Å². The summed E-state index contributed by atoms with van der Waals surface area (Å²) in [5.74, 6) is 0.413. The van der Waals surface area contributed by atoms with Crippen LogP contribution in [-0.2, 0) is 0 Å². The molecule has 0 fully saturated rings. The lowest BCUT2D eigenvalue weighted by Crippen LogP contribution is -2.04. The lowest BCUT2D eigenvalue weighted by Gasteiger charge is -2.06. The number of rotatable bonds is 1. The van der Waals surface area contributed by atoms with E-state index in [4.69, 9.17) is 22.6 Å². The van der Waals surface area contributed by atoms with Crippen molar-refractivity contribution in [2.45, 2.75) is 0 Å². The summed E-state index contributed by atoms with van der Waals surface area (Å²) in [4.78, 5) is 7.72. The van der Waals surface area contributed by atoms with Gasteiger partial charge in [0.1, 0.15) is 23.8 Å². The molecule has 0 aliphatic carbocycles. The fraction of sp³-hybridized carbons (Fsp3) is 0. The molecule has 0 unspecified atom stereocenters. The van der Waals surface area contributed by atoms with E-state index < -0.39 is 0 Å². The summed E-state index contributed by atoms with van der Waals surface area (Å²) < 4.78 is 1.56. The van der Waals surface area contributed by atoms with Crippen LogP contribution in [-0.4, -0.2) is 14.5 Å². The number of anilines is 1. The summed E-state index contributed by atoms with van der Waals surface area (Å²) in [6.45, 7) is 0. The van der Waals surface area contributed by atoms with E-state index in [1.54, 1.807) is 22.9 Å². The molecule has 0 radical (unpaired) electrons. The summed E-state index contributed by atoms with van der Waals surface area (Å²) in [5, 5.41) is 9.02. The first kappa shape index (κ1) is 9.49. The zero-order valence-electron chi connectivity index (χ0n) is 7.55. The largest absolute Gasteiger partial charge is 0.393 e. The Balaban J connectivity index is 2.65. The molecule has 0 aliphatic heterocycles. The standard InChI is InChI=1S/C9H6ClN5/c10-8-7(12)9(14-5-13-8)15-3-1-2-6(15)4-11/h1-3,5H,12H2. The van der Waals surface area contributed by atoms with Crippen LogP contribution < -0.4 is 5.73 Å². The number of nitrogen functional groups attached to an aromatic ring is 1. The average molecular weight is 220 g/mol. The second-order valence-corrected chi connectivity index (χ2v) is 3.14. The molecular formula is C9H6ClN5. The van der Waals surface area contributed by atoms with Crippen LogP contribution in [0.2, 0.25) is 5.15 Å². The maximum atomic E-state index is 8.84. The topological polar surface area (TPSA) is 80.5 Å². The molecule has 2 heterocycles. The quantitative estimate of drug-likeness (QED) is 0.735. The molecule has 0 aromatic carbocycles. The molecule has 0 saturated carbocycles. The smallest absolute Gasteiger partial charge is 0.165 e. The van der Waals surface area contributed by atoms with Gasteiger partial charge in [-0.15, -0.1) is 0 Å². The van der Waals surface area contributed by atoms with Gasteiger partial charge in [-0.3, -0.25) is 4.57 Å². The molecule has 0 saturated heterocycles. The number of aromatic nitrogens is 3. The van der Waals surface area contributed by atoms with Crippen LogP contribution in [0.15, 0.2) is 24.7 Å². The minimum atomic E-state index is 0.178. The first-order valence-corrected chi connectivity index (χ1v) is 4.45. The number of nitriles is 1. The minimum absolute atomic E-state index is 0.178. The normalized spacial score (nSPS) is 9.87. The van der Waals surface area contributed by atoms with Crippen molar-refractivity contribution < 1.29 is 0 Å². The molecule has 2 rings (SSSR count). The molecule has 5 nitrogen and oxygen atoms in total. The predicted molar refractivity (Wildman–Crippen MR) is 55.5 cm³/mol. The molecule has 0 aliphatic rings. The molecule has 2 aromatic rings. The summed E-state index contributed by atoms with van der Waals surface area (Å²) in [6, 6.07) is 5.42. The molecule has 0 bridgehead atoms. The molecule has 6 heteroatoms. The number of hydrogen-bond donors (Lipinski definition) is 1. The molecule has 0 atom stereocenters. The molecular weight excluding hydrogens is 214 g/mol. The van der Waals surface area contributed by atoms with Gasteiger partial charge in [-0.05, 0) is 12.1 Å². The Morgan fingerprint density at radius 2 is 2.27 bits per heavy atom. The van der Waals surface area contributed by atoms with Crippen molar-refractivity contribution >= 4 is 17.3 Å². The number of hydrogen-bond acceptors (Lipinski definition) is 4. The lowest BCUT2D eigenvalue weighted by molar-refractivity contribution is 0.972. The van der Waals surface area contributed by atoms with Crippen molar-refractivity contribution in [1.82, 2.24) is 14.5 Å². The molecule has 15 heavy (non-hydrogen) atoms. The van der Waals surface area contributed by atoms with E-state index in [0.29, 0.717) is 11.5 Å². The summed E-state index contributed by atoms with van der Waals surface area (Å²) in [5.41, 5.74) is 6.41. The zero-order valence-corrected chi connectivity index (χ0v) is 8.31. The van der Waals surface area contributed by atoms with Crippen LogP contribution in [0, 0.1) is 11.3 Å². The zero-order chi connectivity index (χ0) is 10.8. The Morgan fingerprint density at radius 3 is 3.00 bits per heavy atom. The fourth-order valence-electron chi connectivity index (χ4n) is 1.21. The monoisotopic (exact) mass is 219 g/mol. The Bertz CT molecular complexity index is 540. The first-order valence-electron chi connectivity index (χ1n) is 4.08. The average Bonchev–Trinajstić information content (AvgIpc) is 2.70. The molecule has 0 spiro atoms. The SMILES string of the molecule is N#Cc1cccn1-c1ncnc(Cl)c1N. The first-order chi connectivity index (χ1) is 7.24. The molecule has 2 aromatic heterocycles. The van der Waals surface area contributed by atoms with E-state index >= 15 is 0 Å². The van der Waals surface area contributed by atoms with E-state index in [9.17, 15) is 0 Å². The highest BCUT2D eigenvalue weighted by molar-refractivity contribution is 6.32. The van der Waals surface area contributed by atoms with E-state index in [1.807, 2.05) is 6.07 Å². The third-order valence-corrected chi connectivity index (χ3v) is 2.21. The highest BCUT2D eigenvalue weighted by atomic mass is 35.5. The highest BCUT2D eigenvalue weighted by Crippen LogP contribution is 2.22. The van der Waals surface area contributed by atoms with Gasteiger partial charge in [-0.1, -0.05) is 11.6 Å². The van der Waals surface area contributed by atoms with Gasteiger partial charge in [0, 0.05) is 6.20 Å². The van der Waals surface area contributed by atoms with Crippen molar-refractivity contribution in [3.63, 3.8) is 0 Å². The number of halogens is 1. The van der Waals surface area contributed by atoms with Crippen LogP contribution in [0.1, 0.15) is 5.69 Å². The molecule has 74 valence electrons. The van der Waals surface area contributed by atoms with Gasteiger partial charge < -0.3 is 5.73 Å². The summed E-state index contributed by atoms with van der Waals surface area (Å²) >= 11 is 5.75. The predicted octanol–water partition coefficient (Wildman–Crippen LogP) is 1.37. The van der Waals surface area contributed by atoms with Crippen LogP contribution in [0.3, 0.4) is 0 Å². The van der Waals surface area contributed by atoms with Gasteiger partial charge in [0.25, 0.3) is 0 Å². The van der Waals surface area contributed by atoms with E-state index in [1.165, 1.54) is 6.33 Å². The lowest BCUT2D eigenvalue weighted by atomic mass is 10.4. The number of nitrogens with two attached hydrogens (primary N) is 1. The van der Waals surface area contributed by atoms with E-state index in [2.05, 4.69) is 9.97 Å². The van der Waals surface area contributed by atoms with Gasteiger partial charge in [0.2, 0.25) is 0 Å². The van der Waals surface area contributed by atoms with Gasteiger partial charge in [0.05, 0.1) is 0 Å². The van der Waals surface area contributed by atoms with Gasteiger partial charge in [-0.2, -0.15) is 5.26 Å². The maximum absolute atomic E-state index is 8.84. The maximum Gasteiger partial charge on any atom is 0.165 e. The molecule has 0 amide bonds. The summed E-state index contributed by atoms with van der Waals surface area (Å²) in [6.07, 6.45) is 2.99. The summed E-state index contributed by atoms with van der Waals surface area (Å²) in [7, 11) is 0. The fourth-order valence-corrected chi connectivity index (χ4v) is 1.34. The minimum Gasteiger partial charge on any atom is -0.393 e. The van der Waals surface area contributed by atoms with Crippen molar-refractivity contribution in [2.24, 2.45) is 0 Å². The van der Waals surface area contributed by atoms with Crippen molar-refractivity contribution in [3.8, 4) is 11.9 Å². The third-order valence-electron chi connectivity index (χ3n) is 1.91. The van der Waals surface area contributed by atoms with Crippen LogP contribution in [0.25, 0.3) is 5.82 Å². The Morgan fingerprint density at radius 1 is 1.47 bits per heavy atom. The highest BCUT2D eigenvalue weighted by Gasteiger charge is 2.10. The Labute approximate surface area is 90.7 Å². The van der Waals surface area contributed by atoms with E-state index in [0.717, 1.165) is 0 Å². The third kappa shape index (κ3) is 1.51. The van der Waals surface area contributed by atoms with Gasteiger partial charge in [0.15, 0.2) is 11.0 Å². The van der Waals surface area contributed by atoms with E-state index in [-0.39, 0.29) is 10.8 Å². The van der Waals surface area contributed by atoms with Crippen LogP contribution in [0.4, 0.5) is 5.69 Å². The van der Waals surface area contributed by atoms with Crippen LogP contribution in [0.5, 0.6) is 0 Å². The number of nitrogens with zero attached hydrogens (tertiary/aromatic N) is 4. The van der Waals surface area contributed by atoms with Gasteiger partial charge in [-0.25, -0.2) is 9.97 Å². The molecule has 2 N–H and O–H groups in total. The second-order valence-electron chi connectivity index (χ2n) is 2.78. The Kier molecular flexibility index (Phi) is 2.27. The Hall–Kier alpha value is -2.06. The van der Waals surface area contributed by atoms with Crippen molar-refractivity contribution in [3.05, 3.63) is 35.5 Å². The van der Waals surface area contributed by atoms with Crippen molar-refractivity contribution in [2.75, 3.05) is 5.73 Å². The van der Waals surface area contributed by atoms with Crippen LogP contribution >= 0.6 is 11.6 Å².